The van der Waals surface area contributed by atoms with Crippen molar-refractivity contribution in [2.24, 2.45) is 5.92 Å². The molecule has 14 heavy (non-hydrogen) atoms. The van der Waals surface area contributed by atoms with Gasteiger partial charge in [-0.1, -0.05) is 33.1 Å². The smallest absolute Gasteiger partial charge is 0.208 e. The predicted molar refractivity (Wildman–Crippen MR) is 61.2 cm³/mol. The van der Waals surface area contributed by atoms with Gasteiger partial charge in [0.15, 0.2) is 0 Å². The number of hydrogen-bond donors (Lipinski definition) is 0. The zero-order valence-corrected chi connectivity index (χ0v) is 10.1. The van der Waals surface area contributed by atoms with Gasteiger partial charge in [0, 0.05) is 5.92 Å². The minimum absolute atomic E-state index is 0.222. The first-order chi connectivity index (χ1) is 6.72. The first kappa shape index (κ1) is 16.1. The monoisotopic (exact) mass is 220 g/mol. The Hall–Kier alpha value is -0.370. The van der Waals surface area contributed by atoms with Crippen LogP contribution in [0, 0.1) is 5.92 Å². The van der Waals surface area contributed by atoms with Gasteiger partial charge in [-0.05, 0) is 31.4 Å². The molecule has 0 bridgehead atoms. The van der Waals surface area contributed by atoms with Crippen LogP contribution >= 0.6 is 11.6 Å². The second-order valence-electron chi connectivity index (χ2n) is 3.03. The van der Waals surface area contributed by atoms with Gasteiger partial charge in [-0.15, -0.1) is 0 Å². The maximum atomic E-state index is 10.8. The van der Waals surface area contributed by atoms with Crippen LogP contribution in [0.4, 0.5) is 0 Å². The number of halogens is 1. The maximum absolute atomic E-state index is 10.8. The first-order valence-corrected chi connectivity index (χ1v) is 5.70. The van der Waals surface area contributed by atoms with Gasteiger partial charge in [-0.2, -0.15) is 0 Å². The second-order valence-corrected chi connectivity index (χ2v) is 3.21. The molecule has 0 N–H and O–H groups in total. The van der Waals surface area contributed by atoms with E-state index in [0.29, 0.717) is 11.7 Å². The Morgan fingerprint density at radius 2 is 1.57 bits per heavy atom. The number of hydrogen-bond acceptors (Lipinski definition) is 2. The quantitative estimate of drug-likeness (QED) is 0.500. The lowest BCUT2D eigenvalue weighted by molar-refractivity contribution is -0.121. The van der Waals surface area contributed by atoms with E-state index in [0.717, 1.165) is 12.8 Å². The summed E-state index contributed by atoms with van der Waals surface area (Å²) in [6.07, 6.45) is 6.17. The Balaban J connectivity index is 0. The van der Waals surface area contributed by atoms with Crippen LogP contribution in [0.2, 0.25) is 0 Å². The SMILES string of the molecule is CC.CC(=O)C1CCCCC1.O=CCl. The van der Waals surface area contributed by atoms with Crippen molar-refractivity contribution in [3.05, 3.63) is 0 Å². The number of ketones is 1. The highest BCUT2D eigenvalue weighted by Gasteiger charge is 2.16. The van der Waals surface area contributed by atoms with Gasteiger partial charge in [0.1, 0.15) is 5.78 Å². The van der Waals surface area contributed by atoms with Crippen molar-refractivity contribution in [2.75, 3.05) is 0 Å². The lowest BCUT2D eigenvalue weighted by Gasteiger charge is -2.17. The van der Waals surface area contributed by atoms with Crippen molar-refractivity contribution in [3.63, 3.8) is 0 Å². The number of Topliss-reactive ketones (excluding diaryl/α,β-unsaturated/α-hetero) is 1. The largest absolute Gasteiger partial charge is 0.300 e. The fourth-order valence-corrected chi connectivity index (χ4v) is 1.51. The van der Waals surface area contributed by atoms with Gasteiger partial charge in [-0.25, -0.2) is 0 Å². The van der Waals surface area contributed by atoms with Crippen LogP contribution in [0.5, 0.6) is 0 Å². The van der Waals surface area contributed by atoms with Crippen molar-refractivity contribution >= 4 is 23.1 Å². The number of carbonyl (C=O) groups is 2. The van der Waals surface area contributed by atoms with Gasteiger partial charge >= 0.3 is 0 Å². The van der Waals surface area contributed by atoms with Crippen molar-refractivity contribution < 1.29 is 9.59 Å². The third kappa shape index (κ3) is 9.72. The molecule has 0 saturated heterocycles. The summed E-state index contributed by atoms with van der Waals surface area (Å²) in [6, 6.07) is 0. The van der Waals surface area contributed by atoms with Gasteiger partial charge in [-0.3, -0.25) is 9.59 Å². The van der Waals surface area contributed by atoms with E-state index in [4.69, 9.17) is 4.79 Å². The van der Waals surface area contributed by atoms with Crippen LogP contribution in [0.1, 0.15) is 52.9 Å². The lowest BCUT2D eigenvalue weighted by Crippen LogP contribution is -2.13. The summed E-state index contributed by atoms with van der Waals surface area (Å²) >= 11 is 4.32. The molecule has 0 unspecified atom stereocenters. The van der Waals surface area contributed by atoms with Crippen molar-refractivity contribution in [1.29, 1.82) is 0 Å². The molecular weight excluding hydrogens is 200 g/mol. The highest BCUT2D eigenvalue weighted by Crippen LogP contribution is 2.23. The molecule has 0 aliphatic heterocycles. The molecule has 1 fully saturated rings. The molecule has 0 heterocycles. The molecule has 1 aliphatic rings. The molecule has 0 atom stereocenters. The molecule has 84 valence electrons. The van der Waals surface area contributed by atoms with Crippen LogP contribution in [0.15, 0.2) is 0 Å². The Morgan fingerprint density at radius 3 is 1.79 bits per heavy atom. The summed E-state index contributed by atoms with van der Waals surface area (Å²) in [5.41, 5.74) is 0. The van der Waals surface area contributed by atoms with E-state index >= 15 is 0 Å². The molecule has 0 amide bonds. The van der Waals surface area contributed by atoms with E-state index in [1.165, 1.54) is 19.3 Å². The molecule has 0 radical (unpaired) electrons. The molecule has 0 spiro atoms. The van der Waals surface area contributed by atoms with E-state index in [1.807, 2.05) is 13.8 Å². The summed E-state index contributed by atoms with van der Waals surface area (Å²) in [5.74, 6) is 1.04. The molecule has 0 aromatic rings. The third-order valence-electron chi connectivity index (χ3n) is 2.18. The van der Waals surface area contributed by atoms with Crippen LogP contribution in [-0.2, 0) is 9.59 Å². The minimum Gasteiger partial charge on any atom is -0.300 e. The highest BCUT2D eigenvalue weighted by atomic mass is 35.5. The van der Waals surface area contributed by atoms with E-state index in [-0.39, 0.29) is 5.75 Å². The first-order valence-electron chi connectivity index (χ1n) is 5.26. The van der Waals surface area contributed by atoms with Gasteiger partial charge in [0.05, 0.1) is 0 Å². The average molecular weight is 221 g/mol. The Labute approximate surface area is 92.0 Å². The number of rotatable bonds is 1. The van der Waals surface area contributed by atoms with Crippen molar-refractivity contribution in [2.45, 2.75) is 52.9 Å². The zero-order valence-electron chi connectivity index (χ0n) is 9.38. The summed E-state index contributed by atoms with van der Waals surface area (Å²) in [4.78, 5) is 19.4. The highest BCUT2D eigenvalue weighted by molar-refractivity contribution is 6.54. The average Bonchev–Trinajstić information content (AvgIpc) is 2.23. The Bertz CT molecular complexity index is 140. The molecule has 0 aromatic carbocycles. The molecule has 1 saturated carbocycles. The summed E-state index contributed by atoms with van der Waals surface area (Å²) in [6.45, 7) is 5.72. The van der Waals surface area contributed by atoms with Crippen molar-refractivity contribution in [1.82, 2.24) is 0 Å². The van der Waals surface area contributed by atoms with Crippen LogP contribution in [-0.4, -0.2) is 11.5 Å². The summed E-state index contributed by atoms with van der Waals surface area (Å²) in [5, 5.41) is 0. The fraction of sp³-hybridized carbons (Fsp3) is 0.818. The summed E-state index contributed by atoms with van der Waals surface area (Å²) < 4.78 is 0. The molecule has 3 heteroatoms. The molecule has 1 rings (SSSR count). The van der Waals surface area contributed by atoms with Crippen molar-refractivity contribution in [3.8, 4) is 0 Å². The van der Waals surface area contributed by atoms with Crippen LogP contribution in [0.25, 0.3) is 0 Å². The molecule has 1 aliphatic carbocycles. The van der Waals surface area contributed by atoms with Gasteiger partial charge < -0.3 is 0 Å². The van der Waals surface area contributed by atoms with Crippen LogP contribution in [0.3, 0.4) is 0 Å². The van der Waals surface area contributed by atoms with E-state index in [1.54, 1.807) is 6.92 Å². The maximum Gasteiger partial charge on any atom is 0.208 e. The second kappa shape index (κ2) is 12.6. The summed E-state index contributed by atoms with van der Waals surface area (Å²) in [7, 11) is 0. The number of carbonyl (C=O) groups excluding carboxylic acids is 2. The van der Waals surface area contributed by atoms with E-state index in [2.05, 4.69) is 11.6 Å². The van der Waals surface area contributed by atoms with Gasteiger partial charge in [0.25, 0.3) is 0 Å². The molecular formula is C11H21ClO2. The molecule has 2 nitrogen and oxygen atoms in total. The van der Waals surface area contributed by atoms with E-state index < -0.39 is 0 Å². The topological polar surface area (TPSA) is 34.1 Å². The zero-order chi connectivity index (χ0) is 11.4. The molecule has 0 aromatic heterocycles. The Kier molecular flexibility index (Phi) is 14.5. The van der Waals surface area contributed by atoms with Gasteiger partial charge in [0.2, 0.25) is 5.75 Å². The van der Waals surface area contributed by atoms with Crippen LogP contribution < -0.4 is 0 Å². The normalized spacial score (nSPS) is 15.4. The minimum atomic E-state index is 0.222. The Morgan fingerprint density at radius 1 is 1.21 bits per heavy atom. The fourth-order valence-electron chi connectivity index (χ4n) is 1.51. The lowest BCUT2D eigenvalue weighted by atomic mass is 9.87. The van der Waals surface area contributed by atoms with E-state index in [9.17, 15) is 4.79 Å². The predicted octanol–water partition coefficient (Wildman–Crippen LogP) is 3.60. The standard InChI is InChI=1S/C8H14O.C2H6.CHClO/c1-7(9)8-5-3-2-4-6-8;1-2;2-1-3/h8H,2-6H2,1H3;1-2H3;1H. The third-order valence-corrected chi connectivity index (χ3v) is 2.18.